The van der Waals surface area contributed by atoms with Crippen LogP contribution in [0.25, 0.3) is 11.3 Å². The Morgan fingerprint density at radius 1 is 1.11 bits per heavy atom. The molecule has 3 aromatic rings. The van der Waals surface area contributed by atoms with Gasteiger partial charge in [0.05, 0.1) is 5.69 Å². The Labute approximate surface area is 174 Å². The van der Waals surface area contributed by atoms with Gasteiger partial charge >= 0.3 is 0 Å². The van der Waals surface area contributed by atoms with Gasteiger partial charge in [0.1, 0.15) is 5.75 Å². The summed E-state index contributed by atoms with van der Waals surface area (Å²) in [5, 5.41) is 6.07. The highest BCUT2D eigenvalue weighted by atomic mass is 35.5. The second kappa shape index (κ2) is 8.33. The summed E-state index contributed by atoms with van der Waals surface area (Å²) in [5.41, 5.74) is 6.10. The molecule has 4 nitrogen and oxygen atoms in total. The third kappa shape index (κ3) is 4.54. The summed E-state index contributed by atoms with van der Waals surface area (Å²) in [4.78, 5) is 17.1. The highest BCUT2D eigenvalue weighted by Gasteiger charge is 2.18. The van der Waals surface area contributed by atoms with Gasteiger partial charge in [-0.25, -0.2) is 4.98 Å². The topological polar surface area (TPSA) is 51.2 Å². The monoisotopic (exact) mass is 414 g/mol. The van der Waals surface area contributed by atoms with Crippen LogP contribution in [-0.2, 0) is 4.79 Å². The van der Waals surface area contributed by atoms with E-state index in [0.717, 1.165) is 27.9 Å². The van der Waals surface area contributed by atoms with E-state index in [0.29, 0.717) is 15.9 Å². The second-order valence-corrected chi connectivity index (χ2v) is 8.21. The van der Waals surface area contributed by atoms with Crippen LogP contribution < -0.4 is 10.1 Å². The molecule has 28 heavy (non-hydrogen) atoms. The molecule has 0 saturated carbocycles. The second-order valence-electron chi connectivity index (χ2n) is 6.98. The van der Waals surface area contributed by atoms with Crippen molar-refractivity contribution in [1.82, 2.24) is 4.98 Å². The molecule has 0 aliphatic rings. The van der Waals surface area contributed by atoms with E-state index in [1.165, 1.54) is 16.9 Å². The van der Waals surface area contributed by atoms with E-state index < -0.39 is 6.10 Å². The Bertz CT molecular complexity index is 1010. The normalized spacial score (nSPS) is 11.9. The molecule has 1 amide bonds. The molecule has 0 fully saturated rings. The van der Waals surface area contributed by atoms with Gasteiger partial charge in [-0.3, -0.25) is 10.1 Å². The summed E-state index contributed by atoms with van der Waals surface area (Å²) in [6.45, 7) is 9.65. The number of halogens is 1. The molecule has 1 atom stereocenters. The molecule has 0 spiro atoms. The molecule has 1 aromatic heterocycles. The highest BCUT2D eigenvalue weighted by Crippen LogP contribution is 2.29. The minimum atomic E-state index is -0.659. The van der Waals surface area contributed by atoms with E-state index in [1.54, 1.807) is 6.92 Å². The first-order valence-electron chi connectivity index (χ1n) is 9.02. The van der Waals surface area contributed by atoms with Crippen molar-refractivity contribution in [2.75, 3.05) is 5.32 Å². The van der Waals surface area contributed by atoms with Crippen molar-refractivity contribution in [3.8, 4) is 17.0 Å². The summed E-state index contributed by atoms with van der Waals surface area (Å²) < 4.78 is 5.80. The number of thiazole rings is 1. The van der Waals surface area contributed by atoms with Crippen LogP contribution in [0.15, 0.2) is 35.7 Å². The first-order chi connectivity index (χ1) is 13.2. The third-order valence-electron chi connectivity index (χ3n) is 4.50. The lowest BCUT2D eigenvalue weighted by Crippen LogP contribution is -2.30. The number of nitrogens with one attached hydrogen (secondary N) is 1. The number of ether oxygens (including phenoxy) is 1. The fourth-order valence-corrected chi connectivity index (χ4v) is 3.73. The van der Waals surface area contributed by atoms with Crippen molar-refractivity contribution < 1.29 is 9.53 Å². The van der Waals surface area contributed by atoms with E-state index in [4.69, 9.17) is 16.3 Å². The fourth-order valence-electron chi connectivity index (χ4n) is 2.91. The Kier molecular flexibility index (Phi) is 6.06. The van der Waals surface area contributed by atoms with Crippen LogP contribution in [0.4, 0.5) is 5.13 Å². The largest absolute Gasteiger partial charge is 0.481 e. The van der Waals surface area contributed by atoms with E-state index in [-0.39, 0.29) is 5.91 Å². The molecule has 6 heteroatoms. The van der Waals surface area contributed by atoms with Crippen LogP contribution in [0.2, 0.25) is 5.02 Å². The average molecular weight is 415 g/mol. The van der Waals surface area contributed by atoms with Gasteiger partial charge in [-0.1, -0.05) is 29.3 Å². The number of anilines is 1. The maximum atomic E-state index is 12.5. The minimum absolute atomic E-state index is 0.243. The molecular weight excluding hydrogens is 392 g/mol. The zero-order chi connectivity index (χ0) is 20.4. The lowest BCUT2D eigenvalue weighted by Gasteiger charge is -2.15. The van der Waals surface area contributed by atoms with Crippen molar-refractivity contribution in [1.29, 1.82) is 0 Å². The summed E-state index contributed by atoms with van der Waals surface area (Å²) in [7, 11) is 0. The molecule has 0 radical (unpaired) electrons. The van der Waals surface area contributed by atoms with Crippen LogP contribution in [-0.4, -0.2) is 17.0 Å². The molecule has 0 aliphatic heterocycles. The average Bonchev–Trinajstić information content (AvgIpc) is 3.09. The predicted molar refractivity (Wildman–Crippen MR) is 117 cm³/mol. The number of aryl methyl sites for hydroxylation is 4. The van der Waals surface area contributed by atoms with Gasteiger partial charge in [-0.15, -0.1) is 11.3 Å². The van der Waals surface area contributed by atoms with Crippen molar-refractivity contribution in [3.63, 3.8) is 0 Å². The van der Waals surface area contributed by atoms with E-state index >= 15 is 0 Å². The van der Waals surface area contributed by atoms with E-state index in [2.05, 4.69) is 42.3 Å². The van der Waals surface area contributed by atoms with Gasteiger partial charge in [0.25, 0.3) is 5.91 Å². The maximum absolute atomic E-state index is 12.5. The minimum Gasteiger partial charge on any atom is -0.481 e. The zero-order valence-corrected chi connectivity index (χ0v) is 18.2. The summed E-state index contributed by atoms with van der Waals surface area (Å²) in [5.74, 6) is 0.379. The predicted octanol–water partition coefficient (Wildman–Crippen LogP) is 6.10. The number of carbonyl (C=O) groups excluding carboxylic acids is 1. The molecule has 2 aromatic carbocycles. The molecule has 1 N–H and O–H groups in total. The molecular formula is C22H23ClN2O2S. The maximum Gasteiger partial charge on any atom is 0.266 e. The number of aromatic nitrogens is 1. The van der Waals surface area contributed by atoms with Gasteiger partial charge in [-0.05, 0) is 69.5 Å². The number of benzene rings is 2. The Balaban J connectivity index is 1.69. The molecule has 1 unspecified atom stereocenters. The fraction of sp³-hybridized carbons (Fsp3) is 0.273. The molecule has 0 aliphatic carbocycles. The quantitative estimate of drug-likeness (QED) is 0.548. The van der Waals surface area contributed by atoms with E-state index in [1.807, 2.05) is 31.4 Å². The van der Waals surface area contributed by atoms with Gasteiger partial charge in [0.2, 0.25) is 0 Å². The van der Waals surface area contributed by atoms with Crippen LogP contribution in [0, 0.1) is 27.7 Å². The smallest absolute Gasteiger partial charge is 0.266 e. The Morgan fingerprint density at radius 3 is 2.46 bits per heavy atom. The Morgan fingerprint density at radius 2 is 1.79 bits per heavy atom. The third-order valence-corrected chi connectivity index (χ3v) is 5.85. The zero-order valence-electron chi connectivity index (χ0n) is 16.6. The molecule has 3 rings (SSSR count). The molecule has 0 saturated heterocycles. The number of nitrogens with zero attached hydrogens (tertiary/aromatic N) is 1. The number of rotatable bonds is 5. The van der Waals surface area contributed by atoms with Crippen LogP contribution >= 0.6 is 22.9 Å². The first-order valence-corrected chi connectivity index (χ1v) is 10.3. The number of hydrogen-bond donors (Lipinski definition) is 1. The summed E-state index contributed by atoms with van der Waals surface area (Å²) in [6, 6.07) is 9.93. The SMILES string of the molecule is Cc1ccc(C)c(-c2csc(NC(=O)C(C)Oc3cc(C)c(Cl)c(C)c3)n2)c1. The van der Waals surface area contributed by atoms with Crippen molar-refractivity contribution in [2.45, 2.75) is 40.7 Å². The molecule has 0 bridgehead atoms. The standard InChI is InChI=1S/C22H23ClN2O2S/c1-12-6-7-13(2)18(8-12)19-11-28-22(24-19)25-21(26)16(5)27-17-9-14(3)20(23)15(4)10-17/h6-11,16H,1-5H3,(H,24,25,26). The number of amides is 1. The Hall–Kier alpha value is -2.37. The summed E-state index contributed by atoms with van der Waals surface area (Å²) in [6.07, 6.45) is -0.659. The molecule has 1 heterocycles. The number of carbonyl (C=O) groups is 1. The van der Waals surface area contributed by atoms with Gasteiger partial charge in [-0.2, -0.15) is 0 Å². The van der Waals surface area contributed by atoms with E-state index in [9.17, 15) is 4.79 Å². The lowest BCUT2D eigenvalue weighted by molar-refractivity contribution is -0.122. The molecule has 146 valence electrons. The van der Waals surface area contributed by atoms with Crippen molar-refractivity contribution in [2.24, 2.45) is 0 Å². The first kappa shape index (κ1) is 20.4. The van der Waals surface area contributed by atoms with Gasteiger partial charge in [0, 0.05) is 16.0 Å². The van der Waals surface area contributed by atoms with Crippen LogP contribution in [0.1, 0.15) is 29.2 Å². The van der Waals surface area contributed by atoms with Crippen LogP contribution in [0.5, 0.6) is 5.75 Å². The van der Waals surface area contributed by atoms with Crippen molar-refractivity contribution in [3.05, 3.63) is 63.0 Å². The van der Waals surface area contributed by atoms with Gasteiger partial charge < -0.3 is 4.74 Å². The lowest BCUT2D eigenvalue weighted by atomic mass is 10.0. The van der Waals surface area contributed by atoms with Crippen molar-refractivity contribution >= 4 is 34.0 Å². The van der Waals surface area contributed by atoms with Crippen LogP contribution in [0.3, 0.4) is 0 Å². The van der Waals surface area contributed by atoms with Gasteiger partial charge in [0.15, 0.2) is 11.2 Å². The number of hydrogen-bond acceptors (Lipinski definition) is 4. The highest BCUT2D eigenvalue weighted by molar-refractivity contribution is 7.14. The summed E-state index contributed by atoms with van der Waals surface area (Å²) >= 11 is 7.59.